The standard InChI is InChI=1S/C32H38F2N6O2/c1-21-17-29(31(33)34)37-39(21)20-30(41)38-15-13-22(14-16-38)25-18-24-8-3-5-11-27(24)36-40(19-25)32(42)35-28-12-6-9-23-7-2-4-10-26(23)28/h2-5,7-8,10-11,17,22,25,28,31,36H,6,9,12-16,18-20H2,1H3,(H,35,42). The molecule has 3 aromatic rings. The second kappa shape index (κ2) is 12.1. The fourth-order valence-electron chi connectivity index (χ4n) is 6.81. The van der Waals surface area contributed by atoms with Gasteiger partial charge in [-0.1, -0.05) is 42.5 Å². The van der Waals surface area contributed by atoms with E-state index in [1.807, 2.05) is 29.2 Å². The molecule has 0 bridgehead atoms. The lowest BCUT2D eigenvalue weighted by molar-refractivity contribution is -0.133. The molecule has 2 N–H and O–H groups in total. The number of nitrogens with zero attached hydrogens (tertiary/aromatic N) is 4. The van der Waals surface area contributed by atoms with E-state index in [9.17, 15) is 18.4 Å². The number of aromatic nitrogens is 2. The maximum absolute atomic E-state index is 13.7. The number of urea groups is 1. The van der Waals surface area contributed by atoms with Gasteiger partial charge in [-0.15, -0.1) is 0 Å². The third kappa shape index (κ3) is 5.98. The second-order valence-electron chi connectivity index (χ2n) is 11.8. The fraction of sp³-hybridized carbons (Fsp3) is 0.469. The molecule has 222 valence electrons. The highest BCUT2D eigenvalue weighted by molar-refractivity contribution is 5.77. The van der Waals surface area contributed by atoms with E-state index in [2.05, 4.69) is 40.1 Å². The third-order valence-corrected chi connectivity index (χ3v) is 9.15. The van der Waals surface area contributed by atoms with Gasteiger partial charge in [0.2, 0.25) is 5.91 Å². The highest BCUT2D eigenvalue weighted by atomic mass is 19.3. The molecular weight excluding hydrogens is 538 g/mol. The number of aryl methyl sites for hydroxylation is 2. The number of hydrogen-bond acceptors (Lipinski definition) is 4. The Morgan fingerprint density at radius 1 is 1.02 bits per heavy atom. The van der Waals surface area contributed by atoms with Gasteiger partial charge in [0.05, 0.1) is 11.7 Å². The van der Waals surface area contributed by atoms with Crippen molar-refractivity contribution in [2.45, 2.75) is 64.5 Å². The summed E-state index contributed by atoms with van der Waals surface area (Å²) in [7, 11) is 0. The maximum Gasteiger partial charge on any atom is 0.336 e. The highest BCUT2D eigenvalue weighted by Gasteiger charge is 2.34. The Kier molecular flexibility index (Phi) is 8.13. The second-order valence-corrected chi connectivity index (χ2v) is 11.8. The Morgan fingerprint density at radius 2 is 1.76 bits per heavy atom. The van der Waals surface area contributed by atoms with Gasteiger partial charge < -0.3 is 10.2 Å². The first kappa shape index (κ1) is 28.2. The molecule has 42 heavy (non-hydrogen) atoms. The van der Waals surface area contributed by atoms with E-state index in [1.54, 1.807) is 11.9 Å². The van der Waals surface area contributed by atoms with Gasteiger partial charge >= 0.3 is 6.03 Å². The molecule has 2 aliphatic heterocycles. The zero-order chi connectivity index (χ0) is 29.2. The summed E-state index contributed by atoms with van der Waals surface area (Å²) in [5, 5.41) is 8.96. The van der Waals surface area contributed by atoms with Crippen molar-refractivity contribution in [1.82, 2.24) is 25.0 Å². The van der Waals surface area contributed by atoms with Crippen molar-refractivity contribution in [2.75, 3.05) is 25.1 Å². The highest BCUT2D eigenvalue weighted by Crippen LogP contribution is 2.34. The van der Waals surface area contributed by atoms with Crippen molar-refractivity contribution in [3.05, 3.63) is 82.7 Å². The monoisotopic (exact) mass is 576 g/mol. The van der Waals surface area contributed by atoms with Crippen LogP contribution < -0.4 is 10.7 Å². The number of piperidine rings is 1. The maximum atomic E-state index is 13.7. The molecule has 1 aromatic heterocycles. The Hall–Kier alpha value is -3.95. The van der Waals surface area contributed by atoms with E-state index in [0.29, 0.717) is 31.2 Å². The molecule has 2 unspecified atom stereocenters. The molecule has 1 aliphatic carbocycles. The predicted molar refractivity (Wildman–Crippen MR) is 156 cm³/mol. The summed E-state index contributed by atoms with van der Waals surface area (Å²) in [4.78, 5) is 28.5. The van der Waals surface area contributed by atoms with Gasteiger partial charge in [0.1, 0.15) is 12.2 Å². The van der Waals surface area contributed by atoms with Crippen LogP contribution in [0.5, 0.6) is 0 Å². The van der Waals surface area contributed by atoms with E-state index in [-0.39, 0.29) is 36.1 Å². The number of para-hydroxylation sites is 1. The minimum Gasteiger partial charge on any atom is -0.341 e. The number of nitrogens with one attached hydrogen (secondary N) is 2. The number of fused-ring (bicyclic) bond motifs is 2. The molecule has 3 amide bonds. The zero-order valence-corrected chi connectivity index (χ0v) is 23.9. The average Bonchev–Trinajstić information content (AvgIpc) is 3.25. The van der Waals surface area contributed by atoms with Gasteiger partial charge in [-0.05, 0) is 86.1 Å². The molecule has 3 aliphatic rings. The van der Waals surface area contributed by atoms with E-state index in [4.69, 9.17) is 0 Å². The van der Waals surface area contributed by atoms with Crippen LogP contribution in [-0.4, -0.2) is 51.3 Å². The topological polar surface area (TPSA) is 82.5 Å². The van der Waals surface area contributed by atoms with Crippen molar-refractivity contribution in [3.63, 3.8) is 0 Å². The minimum absolute atomic E-state index is 0.00866. The molecule has 10 heteroatoms. The SMILES string of the molecule is Cc1cc(C(F)F)nn1CC(=O)N1CCC(C2Cc3ccccc3NN(C(=O)NC3CCCc4ccccc43)C2)CC1. The van der Waals surface area contributed by atoms with Crippen LogP contribution in [0.3, 0.4) is 0 Å². The van der Waals surface area contributed by atoms with Gasteiger partial charge in [-0.2, -0.15) is 5.10 Å². The third-order valence-electron chi connectivity index (χ3n) is 9.15. The number of halogens is 2. The molecule has 0 radical (unpaired) electrons. The van der Waals surface area contributed by atoms with E-state index < -0.39 is 6.43 Å². The largest absolute Gasteiger partial charge is 0.341 e. The van der Waals surface area contributed by atoms with Crippen LogP contribution in [-0.2, 0) is 24.2 Å². The summed E-state index contributed by atoms with van der Waals surface area (Å²) in [6.07, 6.45) is 2.85. The minimum atomic E-state index is -2.66. The summed E-state index contributed by atoms with van der Waals surface area (Å²) >= 11 is 0. The van der Waals surface area contributed by atoms with Crippen LogP contribution in [0.4, 0.5) is 19.3 Å². The first-order valence-corrected chi connectivity index (χ1v) is 15.0. The first-order chi connectivity index (χ1) is 20.4. The van der Waals surface area contributed by atoms with Crippen LogP contribution >= 0.6 is 0 Å². The van der Waals surface area contributed by atoms with Crippen molar-refractivity contribution >= 4 is 17.6 Å². The van der Waals surface area contributed by atoms with Crippen LogP contribution in [0.2, 0.25) is 0 Å². The van der Waals surface area contributed by atoms with E-state index in [0.717, 1.165) is 44.2 Å². The van der Waals surface area contributed by atoms with Gasteiger partial charge in [0, 0.05) is 25.3 Å². The Labute approximate surface area is 245 Å². The van der Waals surface area contributed by atoms with Crippen molar-refractivity contribution in [2.24, 2.45) is 11.8 Å². The molecule has 2 atom stereocenters. The Morgan fingerprint density at radius 3 is 2.52 bits per heavy atom. The summed E-state index contributed by atoms with van der Waals surface area (Å²) < 4.78 is 27.5. The number of alkyl halides is 2. The van der Waals surface area contributed by atoms with Gasteiger partial charge in [0.25, 0.3) is 6.43 Å². The predicted octanol–water partition coefficient (Wildman–Crippen LogP) is 5.66. The molecule has 3 heterocycles. The summed E-state index contributed by atoms with van der Waals surface area (Å²) in [6.45, 7) is 3.41. The normalized spacial score (nSPS) is 20.9. The summed E-state index contributed by atoms with van der Waals surface area (Å²) in [5.74, 6) is 0.455. The number of carbonyl (C=O) groups excluding carboxylic acids is 2. The lowest BCUT2D eigenvalue weighted by Gasteiger charge is -2.37. The van der Waals surface area contributed by atoms with E-state index in [1.165, 1.54) is 27.4 Å². The van der Waals surface area contributed by atoms with Crippen LogP contribution in [0.15, 0.2) is 54.6 Å². The molecule has 0 saturated carbocycles. The molecule has 6 rings (SSSR count). The quantitative estimate of drug-likeness (QED) is 0.411. The number of benzene rings is 2. The average molecular weight is 577 g/mol. The molecule has 0 spiro atoms. The Bertz CT molecular complexity index is 1430. The van der Waals surface area contributed by atoms with Crippen LogP contribution in [0, 0.1) is 18.8 Å². The van der Waals surface area contributed by atoms with Crippen molar-refractivity contribution in [1.29, 1.82) is 0 Å². The Balaban J connectivity index is 1.12. The first-order valence-electron chi connectivity index (χ1n) is 15.0. The summed E-state index contributed by atoms with van der Waals surface area (Å²) in [5.41, 5.74) is 8.29. The number of amides is 3. The van der Waals surface area contributed by atoms with Gasteiger partial charge in [-0.3, -0.25) is 14.9 Å². The number of hydrazine groups is 1. The lowest BCUT2D eigenvalue weighted by Crippen LogP contribution is -2.48. The smallest absolute Gasteiger partial charge is 0.336 e. The molecule has 8 nitrogen and oxygen atoms in total. The van der Waals surface area contributed by atoms with Gasteiger partial charge in [-0.25, -0.2) is 18.6 Å². The number of carbonyl (C=O) groups is 2. The number of hydrogen-bond donors (Lipinski definition) is 2. The number of likely N-dealkylation sites (tertiary alicyclic amines) is 1. The van der Waals surface area contributed by atoms with Crippen LogP contribution in [0.25, 0.3) is 0 Å². The zero-order valence-electron chi connectivity index (χ0n) is 23.9. The summed E-state index contributed by atoms with van der Waals surface area (Å²) in [6, 6.07) is 17.7. The van der Waals surface area contributed by atoms with Crippen LogP contribution in [0.1, 0.15) is 66.2 Å². The molecule has 2 aromatic carbocycles. The van der Waals surface area contributed by atoms with Crippen molar-refractivity contribution in [3.8, 4) is 0 Å². The molecule has 1 fully saturated rings. The van der Waals surface area contributed by atoms with Gasteiger partial charge in [0.15, 0.2) is 0 Å². The number of rotatable bonds is 5. The van der Waals surface area contributed by atoms with Crippen molar-refractivity contribution < 1.29 is 18.4 Å². The number of anilines is 1. The fourth-order valence-corrected chi connectivity index (χ4v) is 6.81. The lowest BCUT2D eigenvalue weighted by atomic mass is 9.80. The molecular formula is C32H38F2N6O2. The molecule has 1 saturated heterocycles. The van der Waals surface area contributed by atoms with E-state index >= 15 is 0 Å².